The lowest BCUT2D eigenvalue weighted by Crippen LogP contribution is -2.46. The van der Waals surface area contributed by atoms with Crippen molar-refractivity contribution in [2.45, 2.75) is 39.3 Å². The zero-order valence-corrected chi connectivity index (χ0v) is 15.6. The lowest BCUT2D eigenvalue weighted by atomic mass is 10.1. The predicted octanol–water partition coefficient (Wildman–Crippen LogP) is 3.58. The molecule has 5 heteroatoms. The van der Waals surface area contributed by atoms with E-state index in [4.69, 9.17) is 9.47 Å². The van der Waals surface area contributed by atoms with Crippen molar-refractivity contribution >= 4 is 11.9 Å². The van der Waals surface area contributed by atoms with Crippen LogP contribution >= 0.6 is 0 Å². The molecule has 2 aromatic carbocycles. The molecule has 1 N–H and O–H groups in total. The monoisotopic (exact) mass is 355 g/mol. The Hall–Kier alpha value is -2.82. The minimum absolute atomic E-state index is 0.267. The highest BCUT2D eigenvalue weighted by Crippen LogP contribution is 2.29. The van der Waals surface area contributed by atoms with Gasteiger partial charge >= 0.3 is 5.97 Å². The van der Waals surface area contributed by atoms with Gasteiger partial charge in [-0.15, -0.1) is 0 Å². The number of amides is 1. The van der Waals surface area contributed by atoms with Crippen LogP contribution in [-0.4, -0.2) is 30.1 Å². The summed E-state index contributed by atoms with van der Waals surface area (Å²) in [7, 11) is 0. The Morgan fingerprint density at radius 1 is 1.00 bits per heavy atom. The van der Waals surface area contributed by atoms with E-state index in [1.165, 1.54) is 6.92 Å². The molecule has 0 aliphatic carbocycles. The summed E-state index contributed by atoms with van der Waals surface area (Å²) in [5, 5.41) is 2.77. The Morgan fingerprint density at radius 3 is 2.27 bits per heavy atom. The molecular weight excluding hydrogens is 330 g/mol. The number of esters is 1. The average molecular weight is 355 g/mol. The van der Waals surface area contributed by atoms with Crippen LogP contribution in [-0.2, 0) is 14.3 Å². The van der Waals surface area contributed by atoms with Crippen LogP contribution in [0.2, 0.25) is 0 Å². The van der Waals surface area contributed by atoms with Gasteiger partial charge in [0.2, 0.25) is 0 Å². The van der Waals surface area contributed by atoms with E-state index in [2.05, 4.69) is 5.32 Å². The number of ether oxygens (including phenoxy) is 2. The van der Waals surface area contributed by atoms with Gasteiger partial charge in [0.25, 0.3) is 5.91 Å². The van der Waals surface area contributed by atoms with Gasteiger partial charge in [0.05, 0.1) is 0 Å². The minimum atomic E-state index is -0.880. The molecular formula is C21H25NO4. The van der Waals surface area contributed by atoms with Gasteiger partial charge in [-0.3, -0.25) is 4.79 Å². The molecule has 0 saturated carbocycles. The first-order chi connectivity index (χ1) is 12.3. The Balaban J connectivity index is 1.95. The zero-order chi connectivity index (χ0) is 19.2. The number of benzene rings is 2. The first-order valence-corrected chi connectivity index (χ1v) is 8.55. The van der Waals surface area contributed by atoms with E-state index in [1.54, 1.807) is 6.07 Å². The largest absolute Gasteiger partial charge is 0.481 e. The predicted molar refractivity (Wildman–Crippen MR) is 101 cm³/mol. The van der Waals surface area contributed by atoms with Crippen molar-refractivity contribution in [1.82, 2.24) is 5.32 Å². The van der Waals surface area contributed by atoms with Crippen LogP contribution in [0, 0.1) is 0 Å². The third kappa shape index (κ3) is 5.92. The molecule has 138 valence electrons. The van der Waals surface area contributed by atoms with E-state index in [1.807, 2.05) is 69.3 Å². The maximum Gasteiger partial charge on any atom is 0.344 e. The van der Waals surface area contributed by atoms with Crippen LogP contribution < -0.4 is 10.1 Å². The molecule has 1 atom stereocenters. The van der Waals surface area contributed by atoms with Gasteiger partial charge in [-0.1, -0.05) is 48.5 Å². The third-order valence-corrected chi connectivity index (χ3v) is 3.49. The number of hydrogen-bond acceptors (Lipinski definition) is 4. The second-order valence-electron chi connectivity index (χ2n) is 7.02. The van der Waals surface area contributed by atoms with E-state index < -0.39 is 12.1 Å². The molecule has 0 spiro atoms. The summed E-state index contributed by atoms with van der Waals surface area (Å²) in [6.45, 7) is 6.86. The van der Waals surface area contributed by atoms with Crippen molar-refractivity contribution in [3.63, 3.8) is 0 Å². The maximum atomic E-state index is 12.0. The number of rotatable bonds is 6. The number of para-hydroxylation sites is 1. The lowest BCUT2D eigenvalue weighted by Gasteiger charge is -2.23. The van der Waals surface area contributed by atoms with Crippen LogP contribution in [0.4, 0.5) is 0 Å². The molecule has 0 aromatic heterocycles. The molecule has 1 amide bonds. The molecule has 5 nitrogen and oxygen atoms in total. The molecule has 0 fully saturated rings. The summed E-state index contributed by atoms with van der Waals surface area (Å²) in [5.41, 5.74) is 1.50. The summed E-state index contributed by atoms with van der Waals surface area (Å²) < 4.78 is 10.8. The fourth-order valence-electron chi connectivity index (χ4n) is 2.34. The quantitative estimate of drug-likeness (QED) is 0.805. The van der Waals surface area contributed by atoms with Gasteiger partial charge in [0.1, 0.15) is 5.75 Å². The molecule has 0 saturated heterocycles. The van der Waals surface area contributed by atoms with Crippen molar-refractivity contribution in [3.05, 3.63) is 54.6 Å². The first kappa shape index (κ1) is 19.5. The van der Waals surface area contributed by atoms with Crippen LogP contribution in [0.25, 0.3) is 11.1 Å². The van der Waals surface area contributed by atoms with Crippen LogP contribution in [0.15, 0.2) is 54.6 Å². The van der Waals surface area contributed by atoms with Crippen molar-refractivity contribution in [2.75, 3.05) is 6.61 Å². The molecule has 2 rings (SSSR count). The highest BCUT2D eigenvalue weighted by molar-refractivity contribution is 5.84. The smallest absolute Gasteiger partial charge is 0.344 e. The van der Waals surface area contributed by atoms with E-state index >= 15 is 0 Å². The number of nitrogens with one attached hydrogen (secondary N) is 1. The van der Waals surface area contributed by atoms with E-state index in [-0.39, 0.29) is 18.1 Å². The van der Waals surface area contributed by atoms with Crippen molar-refractivity contribution in [1.29, 1.82) is 0 Å². The summed E-state index contributed by atoms with van der Waals surface area (Å²) in [4.78, 5) is 24.0. The molecule has 26 heavy (non-hydrogen) atoms. The summed E-state index contributed by atoms with van der Waals surface area (Å²) in [5.74, 6) is -0.345. The SMILES string of the molecule is C[C@H](OC(=O)COc1ccccc1-c1ccccc1)C(=O)NC(C)(C)C. The van der Waals surface area contributed by atoms with E-state index in [9.17, 15) is 9.59 Å². The minimum Gasteiger partial charge on any atom is -0.481 e. The van der Waals surface area contributed by atoms with Gasteiger partial charge in [-0.25, -0.2) is 4.79 Å². The zero-order valence-electron chi connectivity index (χ0n) is 15.6. The molecule has 0 radical (unpaired) electrons. The highest BCUT2D eigenvalue weighted by Gasteiger charge is 2.22. The highest BCUT2D eigenvalue weighted by atomic mass is 16.6. The van der Waals surface area contributed by atoms with Gasteiger partial charge in [-0.05, 0) is 39.3 Å². The van der Waals surface area contributed by atoms with Crippen LogP contribution in [0.1, 0.15) is 27.7 Å². The van der Waals surface area contributed by atoms with Crippen molar-refractivity contribution in [3.8, 4) is 16.9 Å². The Labute approximate surface area is 154 Å². The average Bonchev–Trinajstić information content (AvgIpc) is 2.59. The first-order valence-electron chi connectivity index (χ1n) is 8.55. The summed E-state index contributed by atoms with van der Waals surface area (Å²) in [6, 6.07) is 17.2. The Bertz CT molecular complexity index is 750. The Kier molecular flexibility index (Phi) is 6.39. The van der Waals surface area contributed by atoms with Gasteiger partial charge < -0.3 is 14.8 Å². The molecule has 0 aliphatic heterocycles. The Morgan fingerprint density at radius 2 is 1.62 bits per heavy atom. The molecule has 2 aromatic rings. The number of hydrogen-bond donors (Lipinski definition) is 1. The second-order valence-corrected chi connectivity index (χ2v) is 7.02. The number of carbonyl (C=O) groups is 2. The van der Waals surface area contributed by atoms with E-state index in [0.717, 1.165) is 11.1 Å². The van der Waals surface area contributed by atoms with Crippen molar-refractivity contribution in [2.24, 2.45) is 0 Å². The normalized spacial score (nSPS) is 12.2. The maximum absolute atomic E-state index is 12.0. The molecule has 0 unspecified atom stereocenters. The third-order valence-electron chi connectivity index (χ3n) is 3.49. The lowest BCUT2D eigenvalue weighted by molar-refractivity contribution is -0.157. The topological polar surface area (TPSA) is 64.6 Å². The van der Waals surface area contributed by atoms with Gasteiger partial charge in [0.15, 0.2) is 12.7 Å². The summed E-state index contributed by atoms with van der Waals surface area (Å²) >= 11 is 0. The van der Waals surface area contributed by atoms with Gasteiger partial charge in [-0.2, -0.15) is 0 Å². The van der Waals surface area contributed by atoms with Gasteiger partial charge in [0, 0.05) is 11.1 Å². The summed E-state index contributed by atoms with van der Waals surface area (Å²) in [6.07, 6.45) is -0.880. The van der Waals surface area contributed by atoms with Crippen molar-refractivity contribution < 1.29 is 19.1 Å². The molecule has 0 aliphatic rings. The molecule has 0 bridgehead atoms. The second kappa shape index (κ2) is 8.52. The van der Waals surface area contributed by atoms with E-state index in [0.29, 0.717) is 5.75 Å². The molecule has 0 heterocycles. The fraction of sp³-hybridized carbons (Fsp3) is 0.333. The van der Waals surface area contributed by atoms with Crippen LogP contribution in [0.5, 0.6) is 5.75 Å². The number of carbonyl (C=O) groups excluding carboxylic acids is 2. The fourth-order valence-corrected chi connectivity index (χ4v) is 2.34. The van der Waals surface area contributed by atoms with Crippen LogP contribution in [0.3, 0.4) is 0 Å². The standard InChI is InChI=1S/C21H25NO4/c1-15(20(24)22-21(2,3)4)26-19(23)14-25-18-13-9-8-12-17(18)16-10-6-5-7-11-16/h5-13,15H,14H2,1-4H3,(H,22,24)/t15-/m0/s1.